The highest BCUT2D eigenvalue weighted by Gasteiger charge is 2.33. The fourth-order valence-corrected chi connectivity index (χ4v) is 2.49. The Kier molecular flexibility index (Phi) is 2.22. The predicted molar refractivity (Wildman–Crippen MR) is 73.3 cm³/mol. The summed E-state index contributed by atoms with van der Waals surface area (Å²) in [5.74, 6) is -0.479. The van der Waals surface area contributed by atoms with Gasteiger partial charge in [0.1, 0.15) is 0 Å². The maximum absolute atomic E-state index is 12.5. The molecular formula is C15H12N2O2. The third-order valence-corrected chi connectivity index (χ3v) is 3.48. The average Bonchev–Trinajstić information content (AvgIpc) is 2.40. The maximum atomic E-state index is 12.5. The van der Waals surface area contributed by atoms with E-state index in [2.05, 4.69) is 0 Å². The van der Waals surface area contributed by atoms with Gasteiger partial charge >= 0.3 is 0 Å². The van der Waals surface area contributed by atoms with Gasteiger partial charge in [0.15, 0.2) is 11.6 Å². The monoisotopic (exact) mass is 252 g/mol. The van der Waals surface area contributed by atoms with Gasteiger partial charge in [-0.1, -0.05) is 24.3 Å². The van der Waals surface area contributed by atoms with Crippen LogP contribution in [0.4, 0.5) is 11.4 Å². The standard InChI is InChI=1S/C15H12N2O2/c1-7-6-10(16)11-12(13(7)17)15(19)9-5-3-2-4-8(9)14(11)18/h2-6H,16-17H2,1H3. The number of ketones is 2. The zero-order valence-electron chi connectivity index (χ0n) is 10.4. The Bertz CT molecular complexity index is 748. The number of hydrogen-bond acceptors (Lipinski definition) is 4. The molecule has 0 radical (unpaired) electrons. The Morgan fingerprint density at radius 3 is 2.00 bits per heavy atom. The van der Waals surface area contributed by atoms with Gasteiger partial charge in [-0.25, -0.2) is 0 Å². The second kappa shape index (κ2) is 3.68. The summed E-state index contributed by atoms with van der Waals surface area (Å²) in [7, 11) is 0. The van der Waals surface area contributed by atoms with Crippen molar-refractivity contribution in [1.82, 2.24) is 0 Å². The van der Waals surface area contributed by atoms with Gasteiger partial charge in [-0.05, 0) is 18.6 Å². The van der Waals surface area contributed by atoms with Gasteiger partial charge in [-0.2, -0.15) is 0 Å². The fraction of sp³-hybridized carbons (Fsp3) is 0.0667. The van der Waals surface area contributed by atoms with Crippen LogP contribution in [0.15, 0.2) is 30.3 Å². The number of nitrogen functional groups attached to an aromatic ring is 2. The number of fused-ring (bicyclic) bond motifs is 2. The zero-order valence-corrected chi connectivity index (χ0v) is 10.4. The number of nitrogens with two attached hydrogens (primary N) is 2. The molecule has 2 aromatic carbocycles. The zero-order chi connectivity index (χ0) is 13.7. The lowest BCUT2D eigenvalue weighted by atomic mass is 9.81. The molecule has 2 aromatic rings. The summed E-state index contributed by atoms with van der Waals surface area (Å²) in [5.41, 5.74) is 14.4. The third-order valence-electron chi connectivity index (χ3n) is 3.48. The molecule has 0 unspecified atom stereocenters. The minimum atomic E-state index is -0.241. The highest BCUT2D eigenvalue weighted by molar-refractivity contribution is 6.31. The molecule has 0 bridgehead atoms. The van der Waals surface area contributed by atoms with Crippen LogP contribution in [-0.4, -0.2) is 11.6 Å². The van der Waals surface area contributed by atoms with Crippen LogP contribution in [0.2, 0.25) is 0 Å². The van der Waals surface area contributed by atoms with Crippen LogP contribution in [0, 0.1) is 6.92 Å². The largest absolute Gasteiger partial charge is 0.398 e. The van der Waals surface area contributed by atoms with E-state index in [1.165, 1.54) is 0 Å². The first kappa shape index (κ1) is 11.5. The molecule has 0 saturated heterocycles. The van der Waals surface area contributed by atoms with E-state index in [1.807, 2.05) is 0 Å². The van der Waals surface area contributed by atoms with Crippen LogP contribution in [0.3, 0.4) is 0 Å². The smallest absolute Gasteiger partial charge is 0.196 e. The Hall–Kier alpha value is -2.62. The first-order valence-electron chi connectivity index (χ1n) is 5.89. The minimum absolute atomic E-state index is 0.229. The van der Waals surface area contributed by atoms with E-state index in [9.17, 15) is 9.59 Å². The molecule has 0 spiro atoms. The van der Waals surface area contributed by atoms with Gasteiger partial charge < -0.3 is 11.5 Å². The van der Waals surface area contributed by atoms with Crippen LogP contribution in [0.1, 0.15) is 37.4 Å². The Labute approximate surface area is 110 Å². The summed E-state index contributed by atoms with van der Waals surface area (Å²) >= 11 is 0. The molecule has 4 nitrogen and oxygen atoms in total. The quantitative estimate of drug-likeness (QED) is 0.598. The lowest BCUT2D eigenvalue weighted by Gasteiger charge is -2.21. The van der Waals surface area contributed by atoms with E-state index in [1.54, 1.807) is 37.3 Å². The summed E-state index contributed by atoms with van der Waals surface area (Å²) in [6.45, 7) is 1.77. The molecule has 4 N–H and O–H groups in total. The van der Waals surface area contributed by atoms with Crippen LogP contribution in [0.5, 0.6) is 0 Å². The molecule has 19 heavy (non-hydrogen) atoms. The SMILES string of the molecule is Cc1cc(N)c2c(c1N)C(=O)c1ccccc1C2=O. The minimum Gasteiger partial charge on any atom is -0.398 e. The molecule has 0 heterocycles. The third kappa shape index (κ3) is 1.40. The van der Waals surface area contributed by atoms with Crippen LogP contribution in [0.25, 0.3) is 0 Å². The summed E-state index contributed by atoms with van der Waals surface area (Å²) in [6.07, 6.45) is 0. The van der Waals surface area contributed by atoms with Gasteiger partial charge in [0.2, 0.25) is 0 Å². The number of anilines is 2. The van der Waals surface area contributed by atoms with Crippen molar-refractivity contribution in [3.63, 3.8) is 0 Å². The van der Waals surface area contributed by atoms with E-state index in [4.69, 9.17) is 11.5 Å². The summed E-state index contributed by atoms with van der Waals surface area (Å²) in [6, 6.07) is 8.35. The van der Waals surface area contributed by atoms with Gasteiger partial charge in [0, 0.05) is 22.5 Å². The number of rotatable bonds is 0. The molecule has 1 aliphatic rings. The Morgan fingerprint density at radius 1 is 0.895 bits per heavy atom. The van der Waals surface area contributed by atoms with E-state index in [0.717, 1.165) is 0 Å². The lowest BCUT2D eigenvalue weighted by molar-refractivity contribution is 0.0980. The highest BCUT2D eigenvalue weighted by Crippen LogP contribution is 2.35. The molecule has 0 atom stereocenters. The van der Waals surface area contributed by atoms with Crippen molar-refractivity contribution in [3.05, 3.63) is 58.1 Å². The van der Waals surface area contributed by atoms with Crippen LogP contribution < -0.4 is 11.5 Å². The van der Waals surface area contributed by atoms with E-state index in [-0.39, 0.29) is 22.7 Å². The molecule has 0 saturated carbocycles. The van der Waals surface area contributed by atoms with Crippen LogP contribution in [-0.2, 0) is 0 Å². The van der Waals surface area contributed by atoms with Crippen molar-refractivity contribution < 1.29 is 9.59 Å². The second-order valence-electron chi connectivity index (χ2n) is 4.65. The van der Waals surface area contributed by atoms with Crippen molar-refractivity contribution in [2.75, 3.05) is 11.5 Å². The number of carbonyl (C=O) groups excluding carboxylic acids is 2. The Balaban J connectivity index is 2.43. The molecule has 0 amide bonds. The summed E-state index contributed by atoms with van der Waals surface area (Å²) in [4.78, 5) is 24.9. The highest BCUT2D eigenvalue weighted by atomic mass is 16.1. The molecule has 3 rings (SSSR count). The van der Waals surface area contributed by atoms with Crippen LogP contribution >= 0.6 is 0 Å². The molecule has 0 aliphatic heterocycles. The van der Waals surface area contributed by atoms with Crippen molar-refractivity contribution >= 4 is 22.9 Å². The molecule has 0 aromatic heterocycles. The molecule has 4 heteroatoms. The first-order chi connectivity index (χ1) is 9.02. The molecule has 1 aliphatic carbocycles. The van der Waals surface area contributed by atoms with Crippen molar-refractivity contribution in [2.24, 2.45) is 0 Å². The number of carbonyl (C=O) groups is 2. The Morgan fingerprint density at radius 2 is 1.42 bits per heavy atom. The normalized spacial score (nSPS) is 13.1. The molecule has 0 fully saturated rings. The van der Waals surface area contributed by atoms with E-state index < -0.39 is 0 Å². The average molecular weight is 252 g/mol. The van der Waals surface area contributed by atoms with Gasteiger partial charge in [-0.3, -0.25) is 9.59 Å². The predicted octanol–water partition coefficient (Wildman–Crippen LogP) is 1.93. The topological polar surface area (TPSA) is 86.2 Å². The second-order valence-corrected chi connectivity index (χ2v) is 4.65. The van der Waals surface area contributed by atoms with E-state index in [0.29, 0.717) is 28.1 Å². The fourth-order valence-electron chi connectivity index (χ4n) is 2.49. The van der Waals surface area contributed by atoms with Gasteiger partial charge in [-0.15, -0.1) is 0 Å². The van der Waals surface area contributed by atoms with E-state index >= 15 is 0 Å². The molecule has 94 valence electrons. The maximum Gasteiger partial charge on any atom is 0.196 e. The summed E-state index contributed by atoms with van der Waals surface area (Å²) in [5, 5.41) is 0. The lowest BCUT2D eigenvalue weighted by Crippen LogP contribution is -2.24. The number of hydrogen-bond donors (Lipinski definition) is 2. The first-order valence-corrected chi connectivity index (χ1v) is 5.89. The molecular weight excluding hydrogens is 240 g/mol. The summed E-state index contributed by atoms with van der Waals surface area (Å²) < 4.78 is 0. The number of benzene rings is 2. The van der Waals surface area contributed by atoms with Crippen molar-refractivity contribution in [3.8, 4) is 0 Å². The van der Waals surface area contributed by atoms with Gasteiger partial charge in [0.05, 0.1) is 11.1 Å². The van der Waals surface area contributed by atoms with Crippen molar-refractivity contribution in [1.29, 1.82) is 0 Å². The van der Waals surface area contributed by atoms with Crippen molar-refractivity contribution in [2.45, 2.75) is 6.92 Å². The van der Waals surface area contributed by atoms with Gasteiger partial charge in [0.25, 0.3) is 0 Å². The number of aryl methyl sites for hydroxylation is 1.